The number of rotatable bonds is 3. The highest BCUT2D eigenvalue weighted by Gasteiger charge is 2.29. The van der Waals surface area contributed by atoms with E-state index in [2.05, 4.69) is 20.8 Å². The van der Waals surface area contributed by atoms with Gasteiger partial charge < -0.3 is 5.73 Å². The topological polar surface area (TPSA) is 26.0 Å². The summed E-state index contributed by atoms with van der Waals surface area (Å²) < 4.78 is 0. The van der Waals surface area contributed by atoms with Gasteiger partial charge in [-0.25, -0.2) is 0 Å². The van der Waals surface area contributed by atoms with Crippen molar-refractivity contribution < 1.29 is 0 Å². The van der Waals surface area contributed by atoms with E-state index in [1.165, 1.54) is 19.3 Å². The van der Waals surface area contributed by atoms with Crippen LogP contribution in [0.1, 0.15) is 67.7 Å². The standard InChI is InChI=1S/C11H23N.2C2H6.H3P/c1-8(2)10-4-5-11(6-10)9(3)7-12;2*1-2;/h8-11H,4-7,12H2,1-3H3;2*1-2H3;1H3. The summed E-state index contributed by atoms with van der Waals surface area (Å²) in [5.41, 5.74) is 5.67. The molecule has 0 radical (unpaired) electrons. The lowest BCUT2D eigenvalue weighted by Gasteiger charge is -2.18. The zero-order valence-corrected chi connectivity index (χ0v) is 14.8. The summed E-state index contributed by atoms with van der Waals surface area (Å²) in [6, 6.07) is 0. The maximum atomic E-state index is 5.67. The molecule has 4 atom stereocenters. The first kappa shape index (κ1) is 22.6. The van der Waals surface area contributed by atoms with Gasteiger partial charge >= 0.3 is 0 Å². The molecule has 0 aromatic heterocycles. The van der Waals surface area contributed by atoms with E-state index >= 15 is 0 Å². The molecule has 0 spiro atoms. The maximum absolute atomic E-state index is 5.67. The van der Waals surface area contributed by atoms with Crippen molar-refractivity contribution in [3.05, 3.63) is 0 Å². The molecule has 0 amide bonds. The Labute approximate surface area is 114 Å². The van der Waals surface area contributed by atoms with Gasteiger partial charge in [0.15, 0.2) is 0 Å². The molecule has 1 aliphatic carbocycles. The van der Waals surface area contributed by atoms with Crippen LogP contribution in [0.3, 0.4) is 0 Å². The Morgan fingerprint density at radius 3 is 1.65 bits per heavy atom. The van der Waals surface area contributed by atoms with Crippen molar-refractivity contribution in [1.29, 1.82) is 0 Å². The highest BCUT2D eigenvalue weighted by Crippen LogP contribution is 2.38. The Balaban J connectivity index is -0.000000355. The van der Waals surface area contributed by atoms with Crippen LogP contribution in [0.25, 0.3) is 0 Å². The van der Waals surface area contributed by atoms with Crippen LogP contribution in [0.2, 0.25) is 0 Å². The average Bonchev–Trinajstić information content (AvgIpc) is 2.83. The average molecular weight is 263 g/mol. The summed E-state index contributed by atoms with van der Waals surface area (Å²) in [5.74, 6) is 3.51. The molecule has 0 bridgehead atoms. The Morgan fingerprint density at radius 1 is 0.941 bits per heavy atom. The molecule has 2 N–H and O–H groups in total. The molecule has 0 aromatic rings. The van der Waals surface area contributed by atoms with Crippen LogP contribution in [0.15, 0.2) is 0 Å². The summed E-state index contributed by atoms with van der Waals surface area (Å²) in [7, 11) is 0. The Bertz CT molecular complexity index is 137. The SMILES string of the molecule is CC.CC.CC(C)C1CCC(C(C)CN)C1.P. The molecule has 0 aliphatic heterocycles. The lowest BCUT2D eigenvalue weighted by Crippen LogP contribution is -2.19. The summed E-state index contributed by atoms with van der Waals surface area (Å²) in [4.78, 5) is 0. The van der Waals surface area contributed by atoms with Crippen molar-refractivity contribution in [3.8, 4) is 0 Å². The van der Waals surface area contributed by atoms with E-state index < -0.39 is 0 Å². The summed E-state index contributed by atoms with van der Waals surface area (Å²) >= 11 is 0. The van der Waals surface area contributed by atoms with Gasteiger partial charge in [0.2, 0.25) is 0 Å². The molecule has 0 aromatic carbocycles. The number of hydrogen-bond donors (Lipinski definition) is 1. The van der Waals surface area contributed by atoms with Gasteiger partial charge in [-0.15, -0.1) is 0 Å². The first-order valence-electron chi connectivity index (χ1n) is 7.35. The predicted octanol–water partition coefficient (Wildman–Crippen LogP) is 4.76. The van der Waals surface area contributed by atoms with Gasteiger partial charge in [0.1, 0.15) is 0 Å². The van der Waals surface area contributed by atoms with E-state index in [0.717, 1.165) is 30.2 Å². The van der Waals surface area contributed by atoms with Gasteiger partial charge in [-0.1, -0.05) is 48.5 Å². The zero-order valence-electron chi connectivity index (χ0n) is 13.4. The van der Waals surface area contributed by atoms with Gasteiger partial charge in [-0.2, -0.15) is 9.90 Å². The second-order valence-electron chi connectivity index (χ2n) is 4.79. The molecule has 0 saturated heterocycles. The molecule has 1 rings (SSSR count). The van der Waals surface area contributed by atoms with E-state index in [9.17, 15) is 0 Å². The first-order chi connectivity index (χ1) is 7.65. The molecule has 1 saturated carbocycles. The van der Waals surface area contributed by atoms with Crippen molar-refractivity contribution in [2.24, 2.45) is 29.4 Å². The third kappa shape index (κ3) is 9.03. The van der Waals surface area contributed by atoms with Crippen LogP contribution < -0.4 is 5.73 Å². The highest BCUT2D eigenvalue weighted by molar-refractivity contribution is 6.92. The lowest BCUT2D eigenvalue weighted by atomic mass is 9.89. The van der Waals surface area contributed by atoms with Crippen LogP contribution in [0.5, 0.6) is 0 Å². The number of hydrogen-bond acceptors (Lipinski definition) is 1. The smallest absolute Gasteiger partial charge is 0.00489 e. The fourth-order valence-corrected chi connectivity index (χ4v) is 2.37. The normalized spacial score (nSPS) is 23.8. The molecule has 1 aliphatic rings. The third-order valence-electron chi connectivity index (χ3n) is 3.63. The third-order valence-corrected chi connectivity index (χ3v) is 3.63. The first-order valence-corrected chi connectivity index (χ1v) is 7.35. The van der Waals surface area contributed by atoms with Crippen molar-refractivity contribution in [2.45, 2.75) is 67.7 Å². The zero-order chi connectivity index (χ0) is 13.1. The van der Waals surface area contributed by atoms with E-state index in [1.807, 2.05) is 27.7 Å². The Kier molecular flexibility index (Phi) is 19.2. The molecular weight excluding hydrogens is 225 g/mol. The fourth-order valence-electron chi connectivity index (χ4n) is 2.37. The van der Waals surface area contributed by atoms with Crippen LogP contribution in [-0.4, -0.2) is 6.54 Å². The van der Waals surface area contributed by atoms with E-state index in [0.29, 0.717) is 0 Å². The molecule has 1 fully saturated rings. The van der Waals surface area contributed by atoms with Gasteiger partial charge in [0.05, 0.1) is 0 Å². The fraction of sp³-hybridized carbons (Fsp3) is 1.00. The van der Waals surface area contributed by atoms with Crippen LogP contribution in [-0.2, 0) is 0 Å². The maximum Gasteiger partial charge on any atom is -0.00489 e. The molecule has 108 valence electrons. The second kappa shape index (κ2) is 14.5. The van der Waals surface area contributed by atoms with E-state index in [-0.39, 0.29) is 9.90 Å². The summed E-state index contributed by atoms with van der Waals surface area (Å²) in [5, 5.41) is 0. The summed E-state index contributed by atoms with van der Waals surface area (Å²) in [6.07, 6.45) is 4.28. The monoisotopic (exact) mass is 263 g/mol. The van der Waals surface area contributed by atoms with Crippen LogP contribution in [0.4, 0.5) is 0 Å². The van der Waals surface area contributed by atoms with Crippen LogP contribution >= 0.6 is 9.90 Å². The van der Waals surface area contributed by atoms with E-state index in [4.69, 9.17) is 5.73 Å². The predicted molar refractivity (Wildman–Crippen MR) is 87.7 cm³/mol. The molecule has 2 heteroatoms. The molecule has 0 heterocycles. The highest BCUT2D eigenvalue weighted by atomic mass is 31.0. The number of nitrogens with two attached hydrogens (primary N) is 1. The van der Waals surface area contributed by atoms with Crippen molar-refractivity contribution in [1.82, 2.24) is 0 Å². The van der Waals surface area contributed by atoms with E-state index in [1.54, 1.807) is 0 Å². The Hall–Kier alpha value is 0.390. The van der Waals surface area contributed by atoms with Crippen molar-refractivity contribution in [3.63, 3.8) is 0 Å². The molecule has 17 heavy (non-hydrogen) atoms. The minimum Gasteiger partial charge on any atom is -0.330 e. The van der Waals surface area contributed by atoms with Gasteiger partial charge in [0.25, 0.3) is 0 Å². The van der Waals surface area contributed by atoms with Gasteiger partial charge in [-0.3, -0.25) is 0 Å². The van der Waals surface area contributed by atoms with Crippen molar-refractivity contribution in [2.75, 3.05) is 6.54 Å². The van der Waals surface area contributed by atoms with Crippen LogP contribution in [0, 0.1) is 23.7 Å². The lowest BCUT2D eigenvalue weighted by molar-refractivity contribution is 0.330. The largest absolute Gasteiger partial charge is 0.330 e. The van der Waals surface area contributed by atoms with Crippen molar-refractivity contribution >= 4 is 9.90 Å². The minimum absolute atomic E-state index is 0. The second-order valence-corrected chi connectivity index (χ2v) is 4.79. The quantitative estimate of drug-likeness (QED) is 0.730. The minimum atomic E-state index is 0. The molecule has 1 nitrogen and oxygen atoms in total. The molecular formula is C15H38NP. The molecule has 4 unspecified atom stereocenters. The Morgan fingerprint density at radius 2 is 1.35 bits per heavy atom. The summed E-state index contributed by atoms with van der Waals surface area (Å²) in [6.45, 7) is 15.9. The van der Waals surface area contributed by atoms with Gasteiger partial charge in [-0.05, 0) is 49.5 Å². The van der Waals surface area contributed by atoms with Gasteiger partial charge in [0, 0.05) is 0 Å².